The van der Waals surface area contributed by atoms with Gasteiger partial charge in [-0.15, -0.1) is 0 Å². The number of nitrogens with one attached hydrogen (secondary N) is 2. The molecule has 0 fully saturated rings. The van der Waals surface area contributed by atoms with Crippen molar-refractivity contribution in [2.75, 3.05) is 27.2 Å². The molecule has 1 heterocycles. The van der Waals surface area contributed by atoms with Crippen LogP contribution in [-0.2, 0) is 19.9 Å². The molecule has 0 radical (unpaired) electrons. The van der Waals surface area contributed by atoms with Crippen LogP contribution in [0.2, 0.25) is 0 Å². The van der Waals surface area contributed by atoms with E-state index >= 15 is 0 Å². The maximum Gasteiger partial charge on any atom is 0.190 e. The molecule has 0 bridgehead atoms. The van der Waals surface area contributed by atoms with Gasteiger partial charge in [-0.1, -0.05) is 12.1 Å². The normalized spacial score (nSPS) is 11.5. The Morgan fingerprint density at radius 1 is 1.12 bits per heavy atom. The zero-order valence-electron chi connectivity index (χ0n) is 15.9. The maximum absolute atomic E-state index is 5.18. The fraction of sp³-hybridized carbons (Fsp3) is 0.474. The molecule has 0 aliphatic carbocycles. The zero-order chi connectivity index (χ0) is 18.2. The van der Waals surface area contributed by atoms with Gasteiger partial charge in [0.1, 0.15) is 5.75 Å². The van der Waals surface area contributed by atoms with Crippen molar-refractivity contribution < 1.29 is 4.74 Å². The highest BCUT2D eigenvalue weighted by Gasteiger charge is 2.09. The highest BCUT2D eigenvalue weighted by atomic mass is 16.5. The van der Waals surface area contributed by atoms with Crippen LogP contribution in [0.1, 0.15) is 22.5 Å². The lowest BCUT2D eigenvalue weighted by Gasteiger charge is -2.12. The van der Waals surface area contributed by atoms with Crippen LogP contribution < -0.4 is 15.4 Å². The van der Waals surface area contributed by atoms with Gasteiger partial charge >= 0.3 is 0 Å². The van der Waals surface area contributed by atoms with E-state index in [9.17, 15) is 0 Å². The average Bonchev–Trinajstić information content (AvgIpc) is 2.86. The highest BCUT2D eigenvalue weighted by Crippen LogP contribution is 2.12. The van der Waals surface area contributed by atoms with Crippen LogP contribution in [0, 0.1) is 13.8 Å². The minimum atomic E-state index is 0.827. The van der Waals surface area contributed by atoms with E-state index in [0.29, 0.717) is 0 Å². The van der Waals surface area contributed by atoms with E-state index in [2.05, 4.69) is 46.7 Å². The van der Waals surface area contributed by atoms with E-state index < -0.39 is 0 Å². The monoisotopic (exact) mass is 343 g/mol. The molecular formula is C19H29N5O. The minimum absolute atomic E-state index is 0.827. The first-order valence-electron chi connectivity index (χ1n) is 8.61. The molecule has 6 nitrogen and oxygen atoms in total. The predicted molar refractivity (Wildman–Crippen MR) is 102 cm³/mol. The van der Waals surface area contributed by atoms with Gasteiger partial charge in [0.05, 0.1) is 12.8 Å². The van der Waals surface area contributed by atoms with Crippen molar-refractivity contribution in [2.24, 2.45) is 12.0 Å². The molecule has 0 saturated heterocycles. The fourth-order valence-corrected chi connectivity index (χ4v) is 2.82. The quantitative estimate of drug-likeness (QED) is 0.596. The largest absolute Gasteiger partial charge is 0.497 e. The second-order valence-electron chi connectivity index (χ2n) is 6.05. The third kappa shape index (κ3) is 5.24. The van der Waals surface area contributed by atoms with Crippen molar-refractivity contribution in [2.45, 2.75) is 26.7 Å². The Labute approximate surface area is 150 Å². The summed E-state index contributed by atoms with van der Waals surface area (Å²) >= 11 is 0. The first-order chi connectivity index (χ1) is 12.0. The van der Waals surface area contributed by atoms with E-state index in [1.807, 2.05) is 23.9 Å². The number of guanidine groups is 1. The van der Waals surface area contributed by atoms with Gasteiger partial charge in [0.15, 0.2) is 5.96 Å². The summed E-state index contributed by atoms with van der Waals surface area (Å²) in [6.45, 7) is 5.83. The van der Waals surface area contributed by atoms with Gasteiger partial charge in [-0.05, 0) is 49.9 Å². The van der Waals surface area contributed by atoms with E-state index in [-0.39, 0.29) is 0 Å². The molecule has 25 heavy (non-hydrogen) atoms. The van der Waals surface area contributed by atoms with Gasteiger partial charge in [-0.3, -0.25) is 9.67 Å². The van der Waals surface area contributed by atoms with Crippen LogP contribution >= 0.6 is 0 Å². The molecular weight excluding hydrogens is 314 g/mol. The number of methoxy groups -OCH3 is 1. The second kappa shape index (κ2) is 9.11. The Morgan fingerprint density at radius 3 is 2.28 bits per heavy atom. The number of aliphatic imine (C=N–C) groups is 1. The number of rotatable bonds is 7. The van der Waals surface area contributed by atoms with Crippen LogP contribution in [0.3, 0.4) is 0 Å². The Morgan fingerprint density at radius 2 is 1.76 bits per heavy atom. The lowest BCUT2D eigenvalue weighted by Crippen LogP contribution is -2.39. The van der Waals surface area contributed by atoms with E-state index in [0.717, 1.165) is 43.3 Å². The first kappa shape index (κ1) is 18.8. The van der Waals surface area contributed by atoms with E-state index in [4.69, 9.17) is 4.74 Å². The van der Waals surface area contributed by atoms with Crippen LogP contribution in [0.25, 0.3) is 0 Å². The van der Waals surface area contributed by atoms with Crippen molar-refractivity contribution in [3.05, 3.63) is 46.8 Å². The van der Waals surface area contributed by atoms with Crippen molar-refractivity contribution in [1.29, 1.82) is 0 Å². The molecule has 6 heteroatoms. The molecule has 0 aliphatic heterocycles. The summed E-state index contributed by atoms with van der Waals surface area (Å²) in [4.78, 5) is 4.28. The van der Waals surface area contributed by atoms with Crippen LogP contribution in [0.15, 0.2) is 29.3 Å². The third-order valence-corrected chi connectivity index (χ3v) is 4.42. The molecule has 0 amide bonds. The number of hydrogen-bond acceptors (Lipinski definition) is 3. The Bertz CT molecular complexity index is 703. The molecule has 0 atom stereocenters. The maximum atomic E-state index is 5.18. The van der Waals surface area contributed by atoms with Gasteiger partial charge in [0.2, 0.25) is 0 Å². The summed E-state index contributed by atoms with van der Waals surface area (Å²) in [5.41, 5.74) is 4.90. The smallest absolute Gasteiger partial charge is 0.190 e. The second-order valence-corrected chi connectivity index (χ2v) is 6.05. The van der Waals surface area contributed by atoms with Gasteiger partial charge in [-0.2, -0.15) is 5.10 Å². The van der Waals surface area contributed by atoms with Crippen LogP contribution in [-0.4, -0.2) is 43.0 Å². The van der Waals surface area contributed by atoms with Crippen molar-refractivity contribution >= 4 is 5.96 Å². The van der Waals surface area contributed by atoms with Crippen molar-refractivity contribution in [3.63, 3.8) is 0 Å². The fourth-order valence-electron chi connectivity index (χ4n) is 2.82. The number of aromatic nitrogens is 2. The molecule has 0 aliphatic rings. The average molecular weight is 343 g/mol. The summed E-state index contributed by atoms with van der Waals surface area (Å²) < 4.78 is 7.11. The summed E-state index contributed by atoms with van der Waals surface area (Å²) in [7, 11) is 5.46. The number of aryl methyl sites for hydroxylation is 2. The lowest BCUT2D eigenvalue weighted by molar-refractivity contribution is 0.414. The lowest BCUT2D eigenvalue weighted by atomic mass is 10.1. The molecule has 0 unspecified atom stereocenters. The molecule has 136 valence electrons. The summed E-state index contributed by atoms with van der Waals surface area (Å²) in [6, 6.07) is 8.15. The van der Waals surface area contributed by atoms with Crippen molar-refractivity contribution in [3.8, 4) is 5.75 Å². The minimum Gasteiger partial charge on any atom is -0.497 e. The molecule has 2 aromatic rings. The SMILES string of the molecule is CN=C(NCCc1ccc(OC)cc1)NCCc1c(C)nn(C)c1C. The first-order valence-corrected chi connectivity index (χ1v) is 8.61. The van der Waals surface area contributed by atoms with Crippen LogP contribution in [0.5, 0.6) is 5.75 Å². The summed E-state index contributed by atoms with van der Waals surface area (Å²) in [5, 5.41) is 11.2. The standard InChI is InChI=1S/C19H29N5O/c1-14-18(15(2)24(4)23-14)11-13-22-19(20-3)21-12-10-16-6-8-17(25-5)9-7-16/h6-9H,10-13H2,1-5H3,(H2,20,21,22). The Kier molecular flexibility index (Phi) is 6.86. The van der Waals surface area contributed by atoms with Gasteiger partial charge in [0.25, 0.3) is 0 Å². The highest BCUT2D eigenvalue weighted by molar-refractivity contribution is 5.79. The third-order valence-electron chi connectivity index (χ3n) is 4.42. The van der Waals surface area contributed by atoms with E-state index in [1.165, 1.54) is 16.8 Å². The van der Waals surface area contributed by atoms with Crippen molar-refractivity contribution in [1.82, 2.24) is 20.4 Å². The molecule has 2 N–H and O–H groups in total. The number of benzene rings is 1. The number of hydrogen-bond donors (Lipinski definition) is 2. The molecule has 1 aromatic heterocycles. The molecule has 0 saturated carbocycles. The topological polar surface area (TPSA) is 63.5 Å². The van der Waals surface area contributed by atoms with Gasteiger partial charge in [-0.25, -0.2) is 0 Å². The summed E-state index contributed by atoms with van der Waals surface area (Å²) in [6.07, 6.45) is 1.87. The molecule has 2 rings (SSSR count). The van der Waals surface area contributed by atoms with Crippen LogP contribution in [0.4, 0.5) is 0 Å². The summed E-state index contributed by atoms with van der Waals surface area (Å²) in [5.74, 6) is 1.71. The van der Waals surface area contributed by atoms with Gasteiger partial charge < -0.3 is 15.4 Å². The Balaban J connectivity index is 1.75. The van der Waals surface area contributed by atoms with E-state index in [1.54, 1.807) is 14.2 Å². The molecule has 1 aromatic carbocycles. The number of ether oxygens (including phenoxy) is 1. The predicted octanol–water partition coefficient (Wildman–Crippen LogP) is 2.00. The number of nitrogens with zero attached hydrogens (tertiary/aromatic N) is 3. The zero-order valence-corrected chi connectivity index (χ0v) is 15.9. The van der Waals surface area contributed by atoms with Gasteiger partial charge in [0, 0.05) is 32.9 Å². The molecule has 0 spiro atoms. The Hall–Kier alpha value is -2.50.